The third kappa shape index (κ3) is 7.04. The van der Waals surface area contributed by atoms with Crippen molar-refractivity contribution in [3.63, 3.8) is 0 Å². The van der Waals surface area contributed by atoms with E-state index in [9.17, 15) is 13.2 Å². The Kier molecular flexibility index (Phi) is 7.25. The number of hydrogen-bond acceptors (Lipinski definition) is 4. The van der Waals surface area contributed by atoms with Crippen LogP contribution in [0.3, 0.4) is 0 Å². The van der Waals surface area contributed by atoms with E-state index in [1.165, 1.54) is 25.8 Å². The SMILES string of the molecule is CC1CCCCN1CCCCNC(=O)c1cccc(NS(C)(=O)=O)c1. The van der Waals surface area contributed by atoms with Crippen LogP contribution in [-0.4, -0.2) is 51.2 Å². The van der Waals surface area contributed by atoms with Crippen LogP contribution in [0.2, 0.25) is 0 Å². The van der Waals surface area contributed by atoms with Crippen molar-refractivity contribution < 1.29 is 13.2 Å². The number of hydrogen-bond donors (Lipinski definition) is 2. The number of anilines is 1. The molecule has 2 N–H and O–H groups in total. The van der Waals surface area contributed by atoms with Crippen molar-refractivity contribution in [2.45, 2.75) is 45.1 Å². The summed E-state index contributed by atoms with van der Waals surface area (Å²) in [5.41, 5.74) is 0.854. The highest BCUT2D eigenvalue weighted by Gasteiger charge is 2.17. The van der Waals surface area contributed by atoms with Gasteiger partial charge in [-0.25, -0.2) is 8.42 Å². The molecular weight excluding hydrogens is 338 g/mol. The smallest absolute Gasteiger partial charge is 0.251 e. The van der Waals surface area contributed by atoms with Crippen molar-refractivity contribution in [3.8, 4) is 0 Å². The largest absolute Gasteiger partial charge is 0.352 e. The summed E-state index contributed by atoms with van der Waals surface area (Å²) in [7, 11) is -3.35. The Morgan fingerprint density at radius 2 is 2.08 bits per heavy atom. The fourth-order valence-electron chi connectivity index (χ4n) is 3.17. The van der Waals surface area contributed by atoms with Crippen LogP contribution < -0.4 is 10.0 Å². The number of likely N-dealkylation sites (tertiary alicyclic amines) is 1. The summed E-state index contributed by atoms with van der Waals surface area (Å²) >= 11 is 0. The van der Waals surface area contributed by atoms with Crippen LogP contribution in [0.5, 0.6) is 0 Å². The maximum atomic E-state index is 12.2. The lowest BCUT2D eigenvalue weighted by molar-refractivity contribution is 0.0951. The highest BCUT2D eigenvalue weighted by molar-refractivity contribution is 7.92. The van der Waals surface area contributed by atoms with Gasteiger partial charge in [0.1, 0.15) is 0 Å². The average molecular weight is 368 g/mol. The van der Waals surface area contributed by atoms with E-state index < -0.39 is 10.0 Å². The third-order valence-electron chi connectivity index (χ3n) is 4.53. The number of unbranched alkanes of at least 4 members (excludes halogenated alkanes) is 1. The molecule has 1 amide bonds. The van der Waals surface area contributed by atoms with Gasteiger partial charge in [0.05, 0.1) is 6.26 Å². The van der Waals surface area contributed by atoms with Crippen LogP contribution in [-0.2, 0) is 10.0 Å². The lowest BCUT2D eigenvalue weighted by Gasteiger charge is -2.33. The monoisotopic (exact) mass is 367 g/mol. The molecule has 0 spiro atoms. The van der Waals surface area contributed by atoms with Gasteiger partial charge >= 0.3 is 0 Å². The van der Waals surface area contributed by atoms with E-state index in [0.717, 1.165) is 25.6 Å². The highest BCUT2D eigenvalue weighted by Crippen LogP contribution is 2.16. The molecule has 140 valence electrons. The number of rotatable bonds is 8. The van der Waals surface area contributed by atoms with Crippen molar-refractivity contribution in [3.05, 3.63) is 29.8 Å². The first-order valence-electron chi connectivity index (χ1n) is 8.95. The molecule has 0 saturated carbocycles. The molecule has 0 radical (unpaired) electrons. The van der Waals surface area contributed by atoms with Crippen molar-refractivity contribution in [2.24, 2.45) is 0 Å². The molecule has 2 rings (SSSR count). The second kappa shape index (κ2) is 9.20. The summed E-state index contributed by atoms with van der Waals surface area (Å²) in [6.45, 7) is 5.20. The molecule has 1 aliphatic rings. The van der Waals surface area contributed by atoms with E-state index in [1.54, 1.807) is 24.3 Å². The Hall–Kier alpha value is -1.60. The fraction of sp³-hybridized carbons (Fsp3) is 0.611. The fourth-order valence-corrected chi connectivity index (χ4v) is 3.73. The Labute approximate surface area is 151 Å². The molecule has 1 fully saturated rings. The number of carbonyl (C=O) groups is 1. The predicted octanol–water partition coefficient (Wildman–Crippen LogP) is 2.44. The molecule has 6 nitrogen and oxygen atoms in total. The van der Waals surface area contributed by atoms with E-state index in [0.29, 0.717) is 23.8 Å². The van der Waals surface area contributed by atoms with Crippen molar-refractivity contribution in [2.75, 3.05) is 30.6 Å². The van der Waals surface area contributed by atoms with Crippen molar-refractivity contribution in [1.82, 2.24) is 10.2 Å². The van der Waals surface area contributed by atoms with Gasteiger partial charge in [-0.2, -0.15) is 0 Å². The minimum absolute atomic E-state index is 0.177. The van der Waals surface area contributed by atoms with Crippen LogP contribution >= 0.6 is 0 Å². The summed E-state index contributed by atoms with van der Waals surface area (Å²) in [5, 5.41) is 2.90. The van der Waals surface area contributed by atoms with Gasteiger partial charge in [-0.3, -0.25) is 9.52 Å². The zero-order valence-corrected chi connectivity index (χ0v) is 15.9. The molecule has 1 aromatic rings. The first-order chi connectivity index (χ1) is 11.8. The summed E-state index contributed by atoms with van der Waals surface area (Å²) < 4.78 is 24.9. The topological polar surface area (TPSA) is 78.5 Å². The van der Waals surface area contributed by atoms with Gasteiger partial charge in [-0.05, 0) is 63.9 Å². The quantitative estimate of drug-likeness (QED) is 0.692. The lowest BCUT2D eigenvalue weighted by Crippen LogP contribution is -2.38. The summed E-state index contributed by atoms with van der Waals surface area (Å²) in [5.74, 6) is -0.177. The van der Waals surface area contributed by atoms with E-state index >= 15 is 0 Å². The molecule has 0 aromatic heterocycles. The Morgan fingerprint density at radius 3 is 2.80 bits per heavy atom. The molecule has 1 atom stereocenters. The summed E-state index contributed by atoms with van der Waals surface area (Å²) in [4.78, 5) is 14.7. The van der Waals surface area contributed by atoms with Crippen LogP contribution in [0.25, 0.3) is 0 Å². The molecule has 1 unspecified atom stereocenters. The molecule has 7 heteroatoms. The van der Waals surface area contributed by atoms with Gasteiger partial charge in [0.25, 0.3) is 5.91 Å². The van der Waals surface area contributed by atoms with E-state index in [1.807, 2.05) is 0 Å². The van der Waals surface area contributed by atoms with Crippen molar-refractivity contribution in [1.29, 1.82) is 0 Å². The van der Waals surface area contributed by atoms with Gasteiger partial charge in [0, 0.05) is 23.8 Å². The standard InChI is InChI=1S/C18H29N3O3S/c1-15-8-3-5-12-21(15)13-6-4-11-19-18(22)16-9-7-10-17(14-16)20-25(2,23)24/h7,9-10,14-15,20H,3-6,8,11-13H2,1-2H3,(H,19,22). The number of piperidine rings is 1. The van der Waals surface area contributed by atoms with Gasteiger partial charge in [0.2, 0.25) is 10.0 Å². The van der Waals surface area contributed by atoms with Gasteiger partial charge in [-0.1, -0.05) is 12.5 Å². The minimum atomic E-state index is -3.35. The molecule has 1 saturated heterocycles. The Bertz CT molecular complexity index is 676. The molecule has 1 aliphatic heterocycles. The first kappa shape index (κ1) is 19.7. The zero-order valence-electron chi connectivity index (χ0n) is 15.1. The molecule has 0 bridgehead atoms. The number of nitrogens with one attached hydrogen (secondary N) is 2. The van der Waals surface area contributed by atoms with E-state index in [2.05, 4.69) is 21.9 Å². The summed E-state index contributed by atoms with van der Waals surface area (Å²) in [6, 6.07) is 7.19. The number of nitrogens with zero attached hydrogens (tertiary/aromatic N) is 1. The highest BCUT2D eigenvalue weighted by atomic mass is 32.2. The van der Waals surface area contributed by atoms with Crippen LogP contribution in [0.4, 0.5) is 5.69 Å². The lowest BCUT2D eigenvalue weighted by atomic mass is 10.0. The molecule has 1 aromatic carbocycles. The van der Waals surface area contributed by atoms with Gasteiger partial charge < -0.3 is 10.2 Å². The number of amides is 1. The average Bonchev–Trinajstić information content (AvgIpc) is 2.54. The molecular formula is C18H29N3O3S. The van der Waals surface area contributed by atoms with Crippen LogP contribution in [0.15, 0.2) is 24.3 Å². The summed E-state index contributed by atoms with van der Waals surface area (Å²) in [6.07, 6.45) is 7.01. The first-order valence-corrected chi connectivity index (χ1v) is 10.8. The number of sulfonamides is 1. The van der Waals surface area contributed by atoms with Crippen LogP contribution in [0.1, 0.15) is 49.4 Å². The van der Waals surface area contributed by atoms with Gasteiger partial charge in [0.15, 0.2) is 0 Å². The maximum absolute atomic E-state index is 12.2. The normalized spacial score (nSPS) is 18.7. The second-order valence-corrected chi connectivity index (χ2v) is 8.55. The minimum Gasteiger partial charge on any atom is -0.352 e. The molecule has 1 heterocycles. The maximum Gasteiger partial charge on any atom is 0.251 e. The van der Waals surface area contributed by atoms with E-state index in [4.69, 9.17) is 0 Å². The van der Waals surface area contributed by atoms with Crippen LogP contribution in [0, 0.1) is 0 Å². The van der Waals surface area contributed by atoms with Gasteiger partial charge in [-0.15, -0.1) is 0 Å². The van der Waals surface area contributed by atoms with Crippen molar-refractivity contribution >= 4 is 21.6 Å². The number of carbonyl (C=O) groups excluding carboxylic acids is 1. The zero-order chi connectivity index (χ0) is 18.3. The third-order valence-corrected chi connectivity index (χ3v) is 5.13. The number of benzene rings is 1. The molecule has 25 heavy (non-hydrogen) atoms. The van der Waals surface area contributed by atoms with E-state index in [-0.39, 0.29) is 5.91 Å². The Balaban J connectivity index is 1.72. The molecule has 0 aliphatic carbocycles. The predicted molar refractivity (Wildman–Crippen MR) is 101 cm³/mol. The second-order valence-electron chi connectivity index (χ2n) is 6.80. The Morgan fingerprint density at radius 1 is 1.28 bits per heavy atom.